The maximum absolute atomic E-state index is 13.5. The molecule has 1 aromatic heterocycles. The number of aryl methyl sites for hydroxylation is 1. The molecule has 8 heteroatoms. The molecule has 3 aromatic carbocycles. The van der Waals surface area contributed by atoms with E-state index in [0.717, 1.165) is 22.2 Å². The average molecular weight is 515 g/mol. The molecule has 1 aliphatic rings. The van der Waals surface area contributed by atoms with Crippen molar-refractivity contribution < 1.29 is 24.2 Å². The first-order valence-electron chi connectivity index (χ1n) is 12.0. The number of ketones is 1. The van der Waals surface area contributed by atoms with E-state index in [1.54, 1.807) is 37.4 Å². The number of carbonyl (C=O) groups excluding carboxylic acids is 2. The molecule has 0 saturated carbocycles. The number of aliphatic hydroxyl groups excluding tert-OH is 1. The molecule has 4 aromatic rings. The van der Waals surface area contributed by atoms with E-state index in [1.807, 2.05) is 50.2 Å². The summed E-state index contributed by atoms with van der Waals surface area (Å²) < 4.78 is 11.9. The maximum atomic E-state index is 13.5. The first-order valence-corrected chi connectivity index (χ1v) is 12.8. The SMILES string of the molecule is CCCOc1cccc(C2C(=C(O)c3ccc(OC)cc3)C(=O)C(=O)N2c2nc3ccc(C)cc3s2)c1. The molecule has 0 aliphatic carbocycles. The zero-order valence-corrected chi connectivity index (χ0v) is 21.5. The topological polar surface area (TPSA) is 89.0 Å². The van der Waals surface area contributed by atoms with Gasteiger partial charge in [0.15, 0.2) is 5.13 Å². The largest absolute Gasteiger partial charge is 0.507 e. The minimum absolute atomic E-state index is 0.00162. The highest BCUT2D eigenvalue weighted by Crippen LogP contribution is 2.45. The molecular formula is C29H26N2O5S. The molecule has 0 spiro atoms. The van der Waals surface area contributed by atoms with Crippen molar-refractivity contribution in [3.05, 3.63) is 89.0 Å². The van der Waals surface area contributed by atoms with Crippen LogP contribution in [0.15, 0.2) is 72.3 Å². The second-order valence-electron chi connectivity index (χ2n) is 8.79. The molecule has 1 amide bonds. The van der Waals surface area contributed by atoms with E-state index in [2.05, 4.69) is 4.98 Å². The molecule has 5 rings (SSSR count). The Kier molecular flexibility index (Phi) is 6.67. The molecule has 0 bridgehead atoms. The van der Waals surface area contributed by atoms with Gasteiger partial charge in [0, 0.05) is 5.56 Å². The van der Waals surface area contributed by atoms with Gasteiger partial charge >= 0.3 is 5.91 Å². The summed E-state index contributed by atoms with van der Waals surface area (Å²) in [6, 6.07) is 18.9. The van der Waals surface area contributed by atoms with Crippen LogP contribution in [0.5, 0.6) is 11.5 Å². The number of aliphatic hydroxyl groups is 1. The van der Waals surface area contributed by atoms with Crippen molar-refractivity contribution in [3.63, 3.8) is 0 Å². The van der Waals surface area contributed by atoms with E-state index >= 15 is 0 Å². The van der Waals surface area contributed by atoms with Crippen LogP contribution in [0.2, 0.25) is 0 Å². The quantitative estimate of drug-likeness (QED) is 0.184. The second kappa shape index (κ2) is 10.1. The molecule has 1 aliphatic heterocycles. The fraction of sp³-hybridized carbons (Fsp3) is 0.207. The van der Waals surface area contributed by atoms with Gasteiger partial charge in [-0.15, -0.1) is 0 Å². The summed E-state index contributed by atoms with van der Waals surface area (Å²) in [6.07, 6.45) is 0.839. The van der Waals surface area contributed by atoms with Gasteiger partial charge in [0.2, 0.25) is 0 Å². The Hall–Kier alpha value is -4.17. The molecule has 1 unspecified atom stereocenters. The molecule has 1 N–H and O–H groups in total. The molecule has 7 nitrogen and oxygen atoms in total. The smallest absolute Gasteiger partial charge is 0.301 e. The summed E-state index contributed by atoms with van der Waals surface area (Å²) in [6.45, 7) is 4.54. The van der Waals surface area contributed by atoms with Gasteiger partial charge < -0.3 is 14.6 Å². The Balaban J connectivity index is 1.69. The van der Waals surface area contributed by atoms with E-state index in [1.165, 1.54) is 16.2 Å². The Morgan fingerprint density at radius 3 is 2.57 bits per heavy atom. The molecule has 1 saturated heterocycles. The number of carbonyl (C=O) groups is 2. The molecule has 1 atom stereocenters. The van der Waals surface area contributed by atoms with Gasteiger partial charge in [-0.3, -0.25) is 14.5 Å². The van der Waals surface area contributed by atoms with E-state index in [4.69, 9.17) is 9.47 Å². The number of hydrogen-bond donors (Lipinski definition) is 1. The molecule has 1 fully saturated rings. The summed E-state index contributed by atoms with van der Waals surface area (Å²) in [4.78, 5) is 33.0. The van der Waals surface area contributed by atoms with Crippen molar-refractivity contribution in [3.8, 4) is 11.5 Å². The Bertz CT molecular complexity index is 1520. The van der Waals surface area contributed by atoms with Crippen LogP contribution >= 0.6 is 11.3 Å². The number of anilines is 1. The lowest BCUT2D eigenvalue weighted by atomic mass is 9.95. The van der Waals surface area contributed by atoms with Crippen LogP contribution in [-0.2, 0) is 9.59 Å². The van der Waals surface area contributed by atoms with Crippen molar-refractivity contribution in [2.75, 3.05) is 18.6 Å². The summed E-state index contributed by atoms with van der Waals surface area (Å²) in [5.41, 5.74) is 2.85. The summed E-state index contributed by atoms with van der Waals surface area (Å²) >= 11 is 1.34. The van der Waals surface area contributed by atoms with Crippen molar-refractivity contribution in [1.29, 1.82) is 0 Å². The van der Waals surface area contributed by atoms with E-state index < -0.39 is 17.7 Å². The molecular weight excluding hydrogens is 488 g/mol. The number of ether oxygens (including phenoxy) is 2. The first-order chi connectivity index (χ1) is 17.9. The maximum Gasteiger partial charge on any atom is 0.301 e. The highest BCUT2D eigenvalue weighted by atomic mass is 32.1. The van der Waals surface area contributed by atoms with Crippen LogP contribution in [-0.4, -0.2) is 35.5 Å². The van der Waals surface area contributed by atoms with Gasteiger partial charge in [-0.1, -0.05) is 36.5 Å². The third kappa shape index (κ3) is 4.56. The summed E-state index contributed by atoms with van der Waals surface area (Å²) in [5.74, 6) is -0.539. The average Bonchev–Trinajstić information content (AvgIpc) is 3.44. The highest BCUT2D eigenvalue weighted by Gasteiger charge is 2.48. The zero-order valence-electron chi connectivity index (χ0n) is 20.7. The van der Waals surface area contributed by atoms with Crippen LogP contribution in [0, 0.1) is 6.92 Å². The number of benzene rings is 3. The van der Waals surface area contributed by atoms with Crippen molar-refractivity contribution in [2.24, 2.45) is 0 Å². The standard InChI is InChI=1S/C29H26N2O5S/c1-4-14-36-21-7-5-6-19(16-21)25-24(26(32)18-9-11-20(35-3)12-10-18)27(33)28(34)31(25)29-30-22-13-8-17(2)15-23(22)37-29/h5-13,15-16,25,32H,4,14H2,1-3H3. The monoisotopic (exact) mass is 514 g/mol. The van der Waals surface area contributed by atoms with Crippen LogP contribution in [0.1, 0.15) is 36.1 Å². The van der Waals surface area contributed by atoms with E-state index in [-0.39, 0.29) is 11.3 Å². The number of methoxy groups -OCH3 is 1. The number of hydrogen-bond acceptors (Lipinski definition) is 7. The predicted molar refractivity (Wildman–Crippen MR) is 144 cm³/mol. The van der Waals surface area contributed by atoms with E-state index in [0.29, 0.717) is 34.4 Å². The van der Waals surface area contributed by atoms with Crippen LogP contribution in [0.4, 0.5) is 5.13 Å². The van der Waals surface area contributed by atoms with Crippen molar-refractivity contribution in [1.82, 2.24) is 4.98 Å². The third-order valence-corrected chi connectivity index (χ3v) is 7.21. The molecule has 37 heavy (non-hydrogen) atoms. The van der Waals surface area contributed by atoms with Crippen LogP contribution < -0.4 is 14.4 Å². The Labute approximate surface area is 218 Å². The minimum Gasteiger partial charge on any atom is -0.507 e. The third-order valence-electron chi connectivity index (χ3n) is 6.19. The zero-order chi connectivity index (χ0) is 26.1. The first kappa shape index (κ1) is 24.5. The van der Waals surface area contributed by atoms with Gasteiger partial charge in [0.05, 0.1) is 35.5 Å². The van der Waals surface area contributed by atoms with Crippen LogP contribution in [0.25, 0.3) is 16.0 Å². The Morgan fingerprint density at radius 1 is 1.05 bits per heavy atom. The molecule has 0 radical (unpaired) electrons. The van der Waals surface area contributed by atoms with Gasteiger partial charge in [-0.05, 0) is 73.0 Å². The Morgan fingerprint density at radius 2 is 1.84 bits per heavy atom. The lowest BCUT2D eigenvalue weighted by molar-refractivity contribution is -0.132. The number of aromatic nitrogens is 1. The summed E-state index contributed by atoms with van der Waals surface area (Å²) in [5, 5.41) is 11.7. The second-order valence-corrected chi connectivity index (χ2v) is 9.80. The number of thiazole rings is 1. The van der Waals surface area contributed by atoms with Gasteiger partial charge in [0.1, 0.15) is 17.3 Å². The van der Waals surface area contributed by atoms with Gasteiger partial charge in [-0.25, -0.2) is 4.98 Å². The van der Waals surface area contributed by atoms with Crippen molar-refractivity contribution >= 4 is 44.1 Å². The number of fused-ring (bicyclic) bond motifs is 1. The lowest BCUT2D eigenvalue weighted by Gasteiger charge is -2.23. The number of nitrogens with zero attached hydrogens (tertiary/aromatic N) is 2. The van der Waals surface area contributed by atoms with Crippen LogP contribution in [0.3, 0.4) is 0 Å². The normalized spacial score (nSPS) is 16.9. The molecule has 188 valence electrons. The fourth-order valence-electron chi connectivity index (χ4n) is 4.37. The van der Waals surface area contributed by atoms with Crippen molar-refractivity contribution in [2.45, 2.75) is 26.3 Å². The fourth-order valence-corrected chi connectivity index (χ4v) is 5.46. The minimum atomic E-state index is -0.881. The predicted octanol–water partition coefficient (Wildman–Crippen LogP) is 6.03. The van der Waals surface area contributed by atoms with Gasteiger partial charge in [-0.2, -0.15) is 0 Å². The number of rotatable bonds is 7. The lowest BCUT2D eigenvalue weighted by Crippen LogP contribution is -2.29. The number of amides is 1. The number of Topliss-reactive ketones (excluding diaryl/α,β-unsaturated/α-hetero) is 1. The van der Waals surface area contributed by atoms with Gasteiger partial charge in [0.25, 0.3) is 5.78 Å². The van der Waals surface area contributed by atoms with E-state index in [9.17, 15) is 14.7 Å². The summed E-state index contributed by atoms with van der Waals surface area (Å²) in [7, 11) is 1.55. The molecule has 2 heterocycles. The highest BCUT2D eigenvalue weighted by molar-refractivity contribution is 7.22.